The third-order valence-corrected chi connectivity index (χ3v) is 17.5. The van der Waals surface area contributed by atoms with Crippen LogP contribution in [0, 0.1) is 0 Å². The van der Waals surface area contributed by atoms with Gasteiger partial charge in [-0.3, -0.25) is 0 Å². The van der Waals surface area contributed by atoms with E-state index in [1.54, 1.807) is 79.1 Å². The number of rotatable bonds is 9. The van der Waals surface area contributed by atoms with E-state index in [0.29, 0.717) is 141 Å². The van der Waals surface area contributed by atoms with Gasteiger partial charge in [0.2, 0.25) is 0 Å². The van der Waals surface area contributed by atoms with Crippen molar-refractivity contribution in [2.75, 3.05) is 42.7 Å². The van der Waals surface area contributed by atoms with E-state index in [-0.39, 0.29) is 56.3 Å². The fourth-order valence-electron chi connectivity index (χ4n) is 12.8. The van der Waals surface area contributed by atoms with E-state index in [1.165, 1.54) is 0 Å². The molecule has 0 atom stereocenters. The first kappa shape index (κ1) is 60.9. The summed E-state index contributed by atoms with van der Waals surface area (Å²) in [4.78, 5) is 38.6. The molecule has 0 fully saturated rings. The highest BCUT2D eigenvalue weighted by molar-refractivity contribution is 5.89. The van der Waals surface area contributed by atoms with Gasteiger partial charge in [0.15, 0.2) is 69.0 Å². The Morgan fingerprint density at radius 2 is 0.398 bits per heavy atom. The predicted molar refractivity (Wildman–Crippen MR) is 341 cm³/mol. The zero-order valence-corrected chi connectivity index (χ0v) is 52.1. The van der Waals surface area contributed by atoms with Gasteiger partial charge in [-0.2, -0.15) is 0 Å². The summed E-state index contributed by atoms with van der Waals surface area (Å²) in [6, 6.07) is 38.5. The number of hydrogen-bond donors (Lipinski definition) is 3. The molecule has 0 radical (unpaired) electrons. The molecule has 0 aromatic heterocycles. The first-order valence-corrected chi connectivity index (χ1v) is 30.2. The quantitative estimate of drug-likeness (QED) is 0.122. The number of aromatic carboxylic acids is 3. The molecule has 0 unspecified atom stereocenters. The molecule has 18 heteroatoms. The second kappa shape index (κ2) is 25.7. The minimum Gasteiger partial charge on any atom is -0.493 e. The molecular weight excluding hydrogens is 1190 g/mol. The number of carboxylic acids is 3. The molecule has 9 aromatic rings. The van der Waals surface area contributed by atoms with Gasteiger partial charge in [-0.1, -0.05) is 0 Å². The average Bonchev–Trinajstić information content (AvgIpc) is 1.75. The Morgan fingerprint density at radius 1 is 0.247 bits per heavy atom. The van der Waals surface area contributed by atoms with Crippen LogP contribution in [0.2, 0.25) is 0 Å². The normalized spacial score (nSPS) is 13.7. The maximum absolute atomic E-state index is 12.9. The van der Waals surface area contributed by atoms with Crippen molar-refractivity contribution in [1.29, 1.82) is 0 Å². The smallest absolute Gasteiger partial charge is 0.335 e. The van der Waals surface area contributed by atoms with Crippen LogP contribution in [0.1, 0.15) is 131 Å². The molecule has 474 valence electrons. The minimum absolute atomic E-state index is 0.0384. The van der Waals surface area contributed by atoms with Gasteiger partial charge in [-0.25, -0.2) is 14.4 Å². The van der Waals surface area contributed by atoms with Crippen molar-refractivity contribution in [2.45, 2.75) is 78.2 Å². The lowest BCUT2D eigenvalue weighted by Gasteiger charge is -2.19. The first-order valence-electron chi connectivity index (χ1n) is 30.2. The molecule has 0 saturated heterocycles. The lowest BCUT2D eigenvalue weighted by atomic mass is 9.94. The number of carboxylic acid groups (broad SMARTS) is 3. The molecule has 24 bridgehead atoms. The van der Waals surface area contributed by atoms with Crippen LogP contribution >= 0.6 is 0 Å². The summed E-state index contributed by atoms with van der Waals surface area (Å²) >= 11 is 0. The largest absolute Gasteiger partial charge is 0.493 e. The molecule has 93 heavy (non-hydrogen) atoms. The minimum atomic E-state index is -1.12. The van der Waals surface area contributed by atoms with E-state index >= 15 is 0 Å². The second-order valence-electron chi connectivity index (χ2n) is 23.5. The molecule has 2 aliphatic carbocycles. The number of ether oxygens (including phenoxy) is 12. The number of carbonyl (C=O) groups is 3. The van der Waals surface area contributed by atoms with Crippen LogP contribution in [-0.2, 0) is 78.2 Å². The second-order valence-corrected chi connectivity index (χ2v) is 23.5. The Labute approximate surface area is 536 Å². The van der Waals surface area contributed by atoms with E-state index in [2.05, 4.69) is 0 Å². The molecule has 14 aliphatic rings. The van der Waals surface area contributed by atoms with Gasteiger partial charge in [-0.15, -0.1) is 0 Å². The van der Waals surface area contributed by atoms with Crippen LogP contribution in [-0.4, -0.2) is 75.9 Å². The molecule has 0 spiro atoms. The summed E-state index contributed by atoms with van der Waals surface area (Å²) in [7, 11) is 9.40. The van der Waals surface area contributed by atoms with Crippen molar-refractivity contribution in [2.24, 2.45) is 0 Å². The highest BCUT2D eigenvalue weighted by atomic mass is 16.5. The van der Waals surface area contributed by atoms with Crippen molar-refractivity contribution < 1.29 is 86.5 Å². The van der Waals surface area contributed by atoms with Gasteiger partial charge in [-0.05, 0) is 266 Å². The van der Waals surface area contributed by atoms with Gasteiger partial charge >= 0.3 is 17.9 Å². The Bertz CT molecular complexity index is 3790. The van der Waals surface area contributed by atoms with Crippen molar-refractivity contribution in [3.05, 3.63) is 244 Å². The van der Waals surface area contributed by atoms with Crippen molar-refractivity contribution in [1.82, 2.24) is 0 Å². The van der Waals surface area contributed by atoms with Crippen LogP contribution in [0.3, 0.4) is 0 Å². The van der Waals surface area contributed by atoms with Gasteiger partial charge in [0.25, 0.3) is 0 Å². The number of hydrogen-bond acceptors (Lipinski definition) is 15. The fourth-order valence-corrected chi connectivity index (χ4v) is 12.8. The van der Waals surface area contributed by atoms with Crippen molar-refractivity contribution in [3.63, 3.8) is 0 Å². The first-order chi connectivity index (χ1) is 45.1. The van der Waals surface area contributed by atoms with E-state index < -0.39 is 17.9 Å². The van der Waals surface area contributed by atoms with E-state index in [4.69, 9.17) is 56.8 Å². The molecule has 0 amide bonds. The lowest BCUT2D eigenvalue weighted by Crippen LogP contribution is -2.07. The summed E-state index contributed by atoms with van der Waals surface area (Å²) in [5.74, 6) is 1.75. The zero-order chi connectivity index (χ0) is 64.6. The summed E-state index contributed by atoms with van der Waals surface area (Å²) in [6.45, 7) is -0.230. The van der Waals surface area contributed by atoms with Crippen molar-refractivity contribution in [3.8, 4) is 69.0 Å². The van der Waals surface area contributed by atoms with Gasteiger partial charge in [0, 0.05) is 0 Å². The summed E-state index contributed by atoms with van der Waals surface area (Å²) in [5, 5.41) is 31.6. The Balaban J connectivity index is 1.05. The molecule has 23 rings (SSSR count). The maximum Gasteiger partial charge on any atom is 0.335 e. The Kier molecular flexibility index (Phi) is 16.8. The fraction of sp³-hybridized carbons (Fsp3) is 0.240. The molecular formula is C75H66O18. The third kappa shape index (κ3) is 12.8. The van der Waals surface area contributed by atoms with Crippen LogP contribution in [0.4, 0.5) is 0 Å². The van der Waals surface area contributed by atoms with Crippen molar-refractivity contribution >= 4 is 17.9 Å². The predicted octanol–water partition coefficient (Wildman–Crippen LogP) is 13.1. The molecule has 9 aromatic carbocycles. The van der Waals surface area contributed by atoms with Gasteiger partial charge in [0.1, 0.15) is 39.6 Å². The van der Waals surface area contributed by atoms with Crippen LogP contribution < -0.4 is 56.8 Å². The van der Waals surface area contributed by atoms with Crippen LogP contribution in [0.5, 0.6) is 69.0 Å². The molecule has 0 saturated carbocycles. The monoisotopic (exact) mass is 1250 g/mol. The molecule has 3 N–H and O–H groups in total. The standard InChI is InChI=1S/C75H66O18/c1-82-61-22-46-16-53-29-68-63(84-3)24-48(53)18-54-30-69-62(83-2)23-47(54)17-52(46)28-67(61)88-34-40-7-41(11-58(10-40)73(76)77)35-90-70-31-55-19-50-26-65(86-5)72(93-39-45-9-44(37-91-69)14-60(15-45)75(80)81)33-57(50)21-51-27-66(87-6)71(32-56(51)20-49(55)25-64(70)85-4)92-38-43-8-42(36-89-68)12-59(13-43)74(78)79/h7-15,22-33H,16-21,34-39H2,1-6H3,(H,76,77)(H,78,79)(H,80,81). The van der Waals surface area contributed by atoms with Crippen LogP contribution in [0.25, 0.3) is 0 Å². The lowest BCUT2D eigenvalue weighted by molar-refractivity contribution is 0.0685. The SMILES string of the molecule is COc1cc2c3cc1OCc1cc(cc(C(=O)O)c1)COc1cc4c(cc1OC)Cc1cc5c(OC)cc1Cc1cc(c(OC)cc1C4)OCc1cc(cc(C(=O)O)c1)COc1cc(c(cc1OC)C3)Cc1cc(OC)c(cc1C2)OCc1cc(cc(C(=O)O)c1)CO5. The summed E-state index contributed by atoms with van der Waals surface area (Å²) < 4.78 is 76.7. The van der Waals surface area contributed by atoms with Gasteiger partial charge < -0.3 is 72.2 Å². The zero-order valence-electron chi connectivity index (χ0n) is 52.1. The van der Waals surface area contributed by atoms with E-state index in [1.807, 2.05) is 91.0 Å². The third-order valence-electron chi connectivity index (χ3n) is 17.5. The average molecular weight is 1260 g/mol. The molecule has 12 heterocycles. The highest BCUT2D eigenvalue weighted by Gasteiger charge is 2.27. The maximum atomic E-state index is 12.9. The summed E-state index contributed by atoms with van der Waals surface area (Å²) in [6.07, 6.45) is 2.35. The Morgan fingerprint density at radius 3 is 0.538 bits per heavy atom. The highest BCUT2D eigenvalue weighted by Crippen LogP contribution is 2.45. The number of methoxy groups -OCH3 is 6. The molecule has 12 aliphatic heterocycles. The van der Waals surface area contributed by atoms with E-state index in [9.17, 15) is 29.7 Å². The van der Waals surface area contributed by atoms with Crippen LogP contribution in [0.15, 0.2) is 127 Å². The Hall–Kier alpha value is -11.0. The topological polar surface area (TPSA) is 223 Å². The summed E-state index contributed by atoms with van der Waals surface area (Å²) in [5.41, 5.74) is 14.3. The van der Waals surface area contributed by atoms with E-state index in [0.717, 1.165) is 66.8 Å². The molecule has 18 nitrogen and oxygen atoms in total. The van der Waals surface area contributed by atoms with Gasteiger partial charge in [0.05, 0.1) is 59.3 Å². The number of benzene rings is 9.